The predicted molar refractivity (Wildman–Crippen MR) is 82.5 cm³/mol. The van der Waals surface area contributed by atoms with Crippen LogP contribution in [0.15, 0.2) is 54.6 Å². The monoisotopic (exact) mass is 282 g/mol. The van der Waals surface area contributed by atoms with Crippen molar-refractivity contribution in [2.24, 2.45) is 0 Å². The molecule has 0 fully saturated rings. The minimum Gasteiger partial charge on any atom is -0.488 e. The van der Waals surface area contributed by atoms with Crippen LogP contribution >= 0.6 is 0 Å². The first kappa shape index (κ1) is 13.5. The SMILES string of the molecule is O=C(CNc1ccccc1)NCC1Cc2ccccc2O1. The molecule has 1 amide bonds. The van der Waals surface area contributed by atoms with Gasteiger partial charge in [0.1, 0.15) is 11.9 Å². The normalized spacial score (nSPS) is 15.9. The maximum Gasteiger partial charge on any atom is 0.239 e. The number of para-hydroxylation sites is 2. The Balaban J connectivity index is 1.41. The summed E-state index contributed by atoms with van der Waals surface area (Å²) >= 11 is 0. The minimum absolute atomic E-state index is 0.0293. The second-order valence-corrected chi connectivity index (χ2v) is 5.08. The van der Waals surface area contributed by atoms with Crippen LogP contribution in [0.1, 0.15) is 5.56 Å². The van der Waals surface area contributed by atoms with Crippen LogP contribution in [0.4, 0.5) is 5.69 Å². The standard InChI is InChI=1S/C17H18N2O2/c20-17(12-18-14-7-2-1-3-8-14)19-11-15-10-13-6-4-5-9-16(13)21-15/h1-9,15,18H,10-12H2,(H,19,20). The van der Waals surface area contributed by atoms with Gasteiger partial charge in [-0.25, -0.2) is 0 Å². The molecule has 0 spiro atoms. The minimum atomic E-state index is -0.0293. The van der Waals surface area contributed by atoms with Crippen LogP contribution in [0.5, 0.6) is 5.75 Å². The quantitative estimate of drug-likeness (QED) is 0.884. The van der Waals surface area contributed by atoms with E-state index >= 15 is 0 Å². The topological polar surface area (TPSA) is 50.4 Å². The van der Waals surface area contributed by atoms with Gasteiger partial charge in [-0.2, -0.15) is 0 Å². The van der Waals surface area contributed by atoms with Crippen molar-refractivity contribution in [3.63, 3.8) is 0 Å². The molecule has 2 aromatic rings. The number of amides is 1. The lowest BCUT2D eigenvalue weighted by Gasteiger charge is -2.12. The van der Waals surface area contributed by atoms with Gasteiger partial charge in [-0.1, -0.05) is 36.4 Å². The summed E-state index contributed by atoms with van der Waals surface area (Å²) in [5.41, 5.74) is 2.15. The first-order chi connectivity index (χ1) is 10.3. The van der Waals surface area contributed by atoms with Crippen molar-refractivity contribution in [2.45, 2.75) is 12.5 Å². The Morgan fingerprint density at radius 3 is 2.67 bits per heavy atom. The zero-order valence-corrected chi connectivity index (χ0v) is 11.7. The predicted octanol–water partition coefficient (Wildman–Crippen LogP) is 2.22. The summed E-state index contributed by atoms with van der Waals surface area (Å²) < 4.78 is 5.78. The van der Waals surface area contributed by atoms with Gasteiger partial charge in [0, 0.05) is 12.1 Å². The maximum absolute atomic E-state index is 11.8. The molecule has 4 heteroatoms. The van der Waals surface area contributed by atoms with Crippen molar-refractivity contribution in [3.05, 3.63) is 60.2 Å². The summed E-state index contributed by atoms with van der Waals surface area (Å²) in [5.74, 6) is 0.901. The Kier molecular flexibility index (Phi) is 4.05. The van der Waals surface area contributed by atoms with E-state index in [2.05, 4.69) is 16.7 Å². The molecule has 1 aliphatic heterocycles. The Morgan fingerprint density at radius 2 is 1.86 bits per heavy atom. The highest BCUT2D eigenvalue weighted by atomic mass is 16.5. The van der Waals surface area contributed by atoms with Gasteiger partial charge in [-0.3, -0.25) is 4.79 Å². The summed E-state index contributed by atoms with van der Waals surface area (Å²) in [7, 11) is 0. The number of anilines is 1. The van der Waals surface area contributed by atoms with Crippen molar-refractivity contribution in [3.8, 4) is 5.75 Å². The molecule has 1 heterocycles. The van der Waals surface area contributed by atoms with Crippen molar-refractivity contribution < 1.29 is 9.53 Å². The van der Waals surface area contributed by atoms with Crippen molar-refractivity contribution in [1.82, 2.24) is 5.32 Å². The molecule has 0 saturated carbocycles. The third-order valence-electron chi connectivity index (χ3n) is 3.47. The number of nitrogens with one attached hydrogen (secondary N) is 2. The molecule has 1 aliphatic rings. The maximum atomic E-state index is 11.8. The van der Waals surface area contributed by atoms with E-state index in [9.17, 15) is 4.79 Å². The van der Waals surface area contributed by atoms with E-state index in [1.165, 1.54) is 5.56 Å². The number of rotatable bonds is 5. The average molecular weight is 282 g/mol. The van der Waals surface area contributed by atoms with Crippen LogP contribution in [0.25, 0.3) is 0 Å². The van der Waals surface area contributed by atoms with E-state index in [1.54, 1.807) is 0 Å². The van der Waals surface area contributed by atoms with Crippen molar-refractivity contribution in [1.29, 1.82) is 0 Å². The van der Waals surface area contributed by atoms with E-state index in [4.69, 9.17) is 4.74 Å². The lowest BCUT2D eigenvalue weighted by molar-refractivity contribution is -0.119. The third-order valence-corrected chi connectivity index (χ3v) is 3.47. The van der Waals surface area contributed by atoms with Crippen LogP contribution in [-0.2, 0) is 11.2 Å². The van der Waals surface area contributed by atoms with Gasteiger partial charge in [-0.05, 0) is 23.8 Å². The van der Waals surface area contributed by atoms with Gasteiger partial charge in [0.05, 0.1) is 13.1 Å². The van der Waals surface area contributed by atoms with E-state index in [0.29, 0.717) is 6.54 Å². The van der Waals surface area contributed by atoms with Gasteiger partial charge in [0.25, 0.3) is 0 Å². The highest BCUT2D eigenvalue weighted by Gasteiger charge is 2.22. The molecule has 0 bridgehead atoms. The lowest BCUT2D eigenvalue weighted by Crippen LogP contribution is -2.37. The molecular formula is C17H18N2O2. The second kappa shape index (κ2) is 6.31. The van der Waals surface area contributed by atoms with Gasteiger partial charge in [0.2, 0.25) is 5.91 Å². The Bertz CT molecular complexity index is 588. The van der Waals surface area contributed by atoms with E-state index in [0.717, 1.165) is 17.9 Å². The van der Waals surface area contributed by atoms with E-state index in [-0.39, 0.29) is 18.6 Å². The lowest BCUT2D eigenvalue weighted by atomic mass is 10.1. The highest BCUT2D eigenvalue weighted by molar-refractivity contribution is 5.80. The number of carbonyl (C=O) groups is 1. The molecule has 1 unspecified atom stereocenters. The van der Waals surface area contributed by atoms with E-state index < -0.39 is 0 Å². The van der Waals surface area contributed by atoms with Gasteiger partial charge in [-0.15, -0.1) is 0 Å². The van der Waals surface area contributed by atoms with Crippen LogP contribution in [0, 0.1) is 0 Å². The fourth-order valence-electron chi connectivity index (χ4n) is 2.40. The molecule has 0 aliphatic carbocycles. The van der Waals surface area contributed by atoms with Crippen molar-refractivity contribution >= 4 is 11.6 Å². The summed E-state index contributed by atoms with van der Waals surface area (Å²) in [6.45, 7) is 0.799. The fourth-order valence-corrected chi connectivity index (χ4v) is 2.40. The Labute approximate surface area is 124 Å². The Hall–Kier alpha value is -2.49. The molecule has 108 valence electrons. The number of fused-ring (bicyclic) bond motifs is 1. The van der Waals surface area contributed by atoms with Crippen molar-refractivity contribution in [2.75, 3.05) is 18.4 Å². The first-order valence-electron chi connectivity index (χ1n) is 7.11. The molecule has 0 saturated heterocycles. The van der Waals surface area contributed by atoms with Gasteiger partial charge >= 0.3 is 0 Å². The molecule has 2 N–H and O–H groups in total. The van der Waals surface area contributed by atoms with E-state index in [1.807, 2.05) is 48.5 Å². The number of carbonyl (C=O) groups excluding carboxylic acids is 1. The zero-order valence-electron chi connectivity index (χ0n) is 11.7. The van der Waals surface area contributed by atoms with Crippen LogP contribution < -0.4 is 15.4 Å². The molecule has 0 aromatic heterocycles. The number of ether oxygens (including phenoxy) is 1. The average Bonchev–Trinajstić information content (AvgIpc) is 2.95. The van der Waals surface area contributed by atoms with Crippen LogP contribution in [0.3, 0.4) is 0 Å². The molecule has 4 nitrogen and oxygen atoms in total. The highest BCUT2D eigenvalue weighted by Crippen LogP contribution is 2.27. The summed E-state index contributed by atoms with van der Waals surface area (Å²) in [5, 5.41) is 5.99. The number of hydrogen-bond acceptors (Lipinski definition) is 3. The fraction of sp³-hybridized carbons (Fsp3) is 0.235. The third kappa shape index (κ3) is 3.54. The largest absolute Gasteiger partial charge is 0.488 e. The molecule has 21 heavy (non-hydrogen) atoms. The summed E-state index contributed by atoms with van der Waals surface area (Å²) in [4.78, 5) is 11.8. The first-order valence-corrected chi connectivity index (χ1v) is 7.11. The Morgan fingerprint density at radius 1 is 1.10 bits per heavy atom. The van der Waals surface area contributed by atoms with Crippen LogP contribution in [0.2, 0.25) is 0 Å². The molecule has 2 aromatic carbocycles. The van der Waals surface area contributed by atoms with Gasteiger partial charge < -0.3 is 15.4 Å². The zero-order chi connectivity index (χ0) is 14.5. The molecule has 3 rings (SSSR count). The number of benzene rings is 2. The molecule has 0 radical (unpaired) electrons. The number of hydrogen-bond donors (Lipinski definition) is 2. The summed E-state index contributed by atoms with van der Waals surface area (Å²) in [6.07, 6.45) is 0.880. The van der Waals surface area contributed by atoms with Crippen LogP contribution in [-0.4, -0.2) is 25.1 Å². The summed E-state index contributed by atoms with van der Waals surface area (Å²) in [6, 6.07) is 17.7. The smallest absolute Gasteiger partial charge is 0.239 e. The molecule has 1 atom stereocenters. The molecular weight excluding hydrogens is 264 g/mol. The second-order valence-electron chi connectivity index (χ2n) is 5.08. The van der Waals surface area contributed by atoms with Gasteiger partial charge in [0.15, 0.2) is 0 Å².